The Bertz CT molecular complexity index is 952. The minimum atomic E-state index is -0.369. The molecule has 0 bridgehead atoms. The number of benzene rings is 2. The fourth-order valence-corrected chi connectivity index (χ4v) is 2.88. The van der Waals surface area contributed by atoms with Gasteiger partial charge in [0.1, 0.15) is 5.75 Å². The summed E-state index contributed by atoms with van der Waals surface area (Å²) in [5.41, 5.74) is 2.68. The van der Waals surface area contributed by atoms with E-state index >= 15 is 0 Å². The second-order valence-corrected chi connectivity index (χ2v) is 6.55. The Morgan fingerprint density at radius 2 is 1.79 bits per heavy atom. The van der Waals surface area contributed by atoms with Crippen LogP contribution in [0.2, 0.25) is 0 Å². The van der Waals surface area contributed by atoms with Crippen molar-refractivity contribution in [3.63, 3.8) is 0 Å². The number of para-hydroxylation sites is 1. The Labute approximate surface area is 164 Å². The van der Waals surface area contributed by atoms with Crippen LogP contribution in [0.1, 0.15) is 16.1 Å². The highest BCUT2D eigenvalue weighted by molar-refractivity contribution is 6.05. The Morgan fingerprint density at radius 3 is 2.43 bits per heavy atom. The molecule has 7 heteroatoms. The van der Waals surface area contributed by atoms with E-state index in [2.05, 4.69) is 15.3 Å². The third-order valence-electron chi connectivity index (χ3n) is 4.15. The first-order chi connectivity index (χ1) is 13.5. The predicted octanol–water partition coefficient (Wildman–Crippen LogP) is 3.20. The SMILES string of the molecule is COc1ccc(CN(C)C)cc1NC(=O)c1nn(-c2ccccc2)cc1OC. The standard InChI is InChI=1S/C21H24N4O3/c1-24(2)13-15-10-11-18(27-3)17(12-15)22-21(26)20-19(28-4)14-25(23-20)16-8-6-5-7-9-16/h5-12,14H,13H2,1-4H3,(H,22,26). The number of carbonyl (C=O) groups excluding carboxylic acids is 1. The highest BCUT2D eigenvalue weighted by Crippen LogP contribution is 2.28. The van der Waals surface area contributed by atoms with Gasteiger partial charge in [-0.25, -0.2) is 4.68 Å². The van der Waals surface area contributed by atoms with Crippen molar-refractivity contribution in [2.75, 3.05) is 33.6 Å². The average Bonchev–Trinajstić information content (AvgIpc) is 3.13. The first-order valence-corrected chi connectivity index (χ1v) is 8.84. The molecule has 0 fully saturated rings. The van der Waals surface area contributed by atoms with E-state index in [0.717, 1.165) is 17.8 Å². The minimum absolute atomic E-state index is 0.200. The smallest absolute Gasteiger partial charge is 0.280 e. The molecule has 7 nitrogen and oxygen atoms in total. The van der Waals surface area contributed by atoms with E-state index in [1.54, 1.807) is 18.0 Å². The maximum Gasteiger partial charge on any atom is 0.280 e. The lowest BCUT2D eigenvalue weighted by Gasteiger charge is -2.14. The number of nitrogens with zero attached hydrogens (tertiary/aromatic N) is 3. The van der Waals surface area contributed by atoms with Crippen LogP contribution < -0.4 is 14.8 Å². The van der Waals surface area contributed by atoms with Crippen LogP contribution in [0.5, 0.6) is 11.5 Å². The molecule has 1 aromatic heterocycles. The quantitative estimate of drug-likeness (QED) is 0.682. The summed E-state index contributed by atoms with van der Waals surface area (Å²) in [6.45, 7) is 0.749. The van der Waals surface area contributed by atoms with Gasteiger partial charge in [0.25, 0.3) is 5.91 Å². The molecule has 3 aromatic rings. The first kappa shape index (κ1) is 19.4. The van der Waals surface area contributed by atoms with E-state index < -0.39 is 0 Å². The highest BCUT2D eigenvalue weighted by atomic mass is 16.5. The summed E-state index contributed by atoms with van der Waals surface area (Å²) in [4.78, 5) is 15.0. The van der Waals surface area contributed by atoms with Gasteiger partial charge in [-0.15, -0.1) is 0 Å². The third kappa shape index (κ3) is 4.32. The van der Waals surface area contributed by atoms with E-state index in [9.17, 15) is 4.79 Å². The largest absolute Gasteiger partial charge is 0.495 e. The van der Waals surface area contributed by atoms with Crippen LogP contribution in [0.15, 0.2) is 54.7 Å². The minimum Gasteiger partial charge on any atom is -0.495 e. The van der Waals surface area contributed by atoms with Crippen molar-refractivity contribution in [2.45, 2.75) is 6.54 Å². The van der Waals surface area contributed by atoms with Crippen molar-refractivity contribution in [3.05, 3.63) is 66.0 Å². The van der Waals surface area contributed by atoms with Gasteiger partial charge in [-0.3, -0.25) is 4.79 Å². The fraction of sp³-hybridized carbons (Fsp3) is 0.238. The van der Waals surface area contributed by atoms with E-state index in [0.29, 0.717) is 17.2 Å². The molecule has 0 aliphatic carbocycles. The van der Waals surface area contributed by atoms with Gasteiger partial charge in [0.15, 0.2) is 11.4 Å². The second kappa shape index (κ2) is 8.58. The lowest BCUT2D eigenvalue weighted by atomic mass is 10.1. The zero-order valence-electron chi connectivity index (χ0n) is 16.5. The van der Waals surface area contributed by atoms with Gasteiger partial charge in [0.05, 0.1) is 31.8 Å². The van der Waals surface area contributed by atoms with Gasteiger partial charge in [0, 0.05) is 6.54 Å². The summed E-state index contributed by atoms with van der Waals surface area (Å²) in [5.74, 6) is 0.605. The molecule has 1 N–H and O–H groups in total. The van der Waals surface area contributed by atoms with Crippen molar-refractivity contribution in [1.82, 2.24) is 14.7 Å². The van der Waals surface area contributed by atoms with E-state index in [1.165, 1.54) is 7.11 Å². The zero-order chi connectivity index (χ0) is 20.1. The molecule has 0 spiro atoms. The molecule has 0 aliphatic rings. The molecule has 0 aliphatic heterocycles. The van der Waals surface area contributed by atoms with Crippen LogP contribution in [0.3, 0.4) is 0 Å². The van der Waals surface area contributed by atoms with Gasteiger partial charge in [0.2, 0.25) is 0 Å². The van der Waals surface area contributed by atoms with Gasteiger partial charge >= 0.3 is 0 Å². The molecule has 2 aromatic carbocycles. The lowest BCUT2D eigenvalue weighted by Crippen LogP contribution is -2.16. The number of rotatable bonds is 7. The molecule has 28 heavy (non-hydrogen) atoms. The van der Waals surface area contributed by atoms with Crippen molar-refractivity contribution >= 4 is 11.6 Å². The van der Waals surface area contributed by atoms with Gasteiger partial charge in [-0.2, -0.15) is 5.10 Å². The molecule has 146 valence electrons. The number of ether oxygens (including phenoxy) is 2. The third-order valence-corrected chi connectivity index (χ3v) is 4.15. The summed E-state index contributed by atoms with van der Waals surface area (Å²) >= 11 is 0. The first-order valence-electron chi connectivity index (χ1n) is 8.84. The van der Waals surface area contributed by atoms with Crippen molar-refractivity contribution in [2.24, 2.45) is 0 Å². The number of anilines is 1. The summed E-state index contributed by atoms with van der Waals surface area (Å²) in [5, 5.41) is 7.30. The fourth-order valence-electron chi connectivity index (χ4n) is 2.88. The topological polar surface area (TPSA) is 68.6 Å². The molecule has 0 unspecified atom stereocenters. The van der Waals surface area contributed by atoms with Gasteiger partial charge < -0.3 is 19.7 Å². The number of aromatic nitrogens is 2. The van der Waals surface area contributed by atoms with Crippen molar-refractivity contribution in [3.8, 4) is 17.2 Å². The highest BCUT2D eigenvalue weighted by Gasteiger charge is 2.20. The molecular formula is C21H24N4O3. The summed E-state index contributed by atoms with van der Waals surface area (Å²) in [6.07, 6.45) is 1.68. The Morgan fingerprint density at radius 1 is 1.07 bits per heavy atom. The van der Waals surface area contributed by atoms with Gasteiger partial charge in [-0.1, -0.05) is 24.3 Å². The maximum absolute atomic E-state index is 12.9. The number of carbonyl (C=O) groups is 1. The summed E-state index contributed by atoms with van der Waals surface area (Å²) in [6, 6.07) is 15.3. The molecule has 0 radical (unpaired) electrons. The Hall–Kier alpha value is -3.32. The molecule has 3 rings (SSSR count). The van der Waals surface area contributed by atoms with Crippen LogP contribution in [-0.4, -0.2) is 48.9 Å². The molecular weight excluding hydrogens is 356 g/mol. The number of hydrogen-bond acceptors (Lipinski definition) is 5. The molecule has 0 saturated carbocycles. The normalized spacial score (nSPS) is 10.8. The Balaban J connectivity index is 1.90. The van der Waals surface area contributed by atoms with Crippen LogP contribution in [0, 0.1) is 0 Å². The van der Waals surface area contributed by atoms with Crippen LogP contribution in [0.4, 0.5) is 5.69 Å². The molecule has 1 amide bonds. The maximum atomic E-state index is 12.9. The molecule has 0 atom stereocenters. The number of nitrogens with one attached hydrogen (secondary N) is 1. The lowest BCUT2D eigenvalue weighted by molar-refractivity contribution is 0.101. The van der Waals surface area contributed by atoms with E-state index in [-0.39, 0.29) is 11.6 Å². The average molecular weight is 380 g/mol. The van der Waals surface area contributed by atoms with Crippen molar-refractivity contribution < 1.29 is 14.3 Å². The summed E-state index contributed by atoms with van der Waals surface area (Å²) < 4.78 is 12.4. The van der Waals surface area contributed by atoms with E-state index in [1.807, 2.05) is 62.6 Å². The van der Waals surface area contributed by atoms with Crippen LogP contribution in [-0.2, 0) is 6.54 Å². The number of hydrogen-bond donors (Lipinski definition) is 1. The molecule has 0 saturated heterocycles. The number of methoxy groups -OCH3 is 2. The molecule has 1 heterocycles. The predicted molar refractivity (Wildman–Crippen MR) is 108 cm³/mol. The summed E-state index contributed by atoms with van der Waals surface area (Å²) in [7, 11) is 7.07. The second-order valence-electron chi connectivity index (χ2n) is 6.55. The van der Waals surface area contributed by atoms with Crippen LogP contribution >= 0.6 is 0 Å². The zero-order valence-corrected chi connectivity index (χ0v) is 16.5. The van der Waals surface area contributed by atoms with Crippen molar-refractivity contribution in [1.29, 1.82) is 0 Å². The van der Waals surface area contributed by atoms with Gasteiger partial charge in [-0.05, 0) is 43.9 Å². The Kier molecular flexibility index (Phi) is 5.96. The monoisotopic (exact) mass is 380 g/mol. The van der Waals surface area contributed by atoms with E-state index in [4.69, 9.17) is 9.47 Å². The van der Waals surface area contributed by atoms with Crippen LogP contribution in [0.25, 0.3) is 5.69 Å². The number of amides is 1.